The van der Waals surface area contributed by atoms with Gasteiger partial charge in [0.25, 0.3) is 0 Å². The minimum absolute atomic E-state index is 1.17. The van der Waals surface area contributed by atoms with Crippen LogP contribution in [0.1, 0.15) is 0 Å². The zero-order chi connectivity index (χ0) is 51.5. The molecule has 0 aliphatic carbocycles. The van der Waals surface area contributed by atoms with Gasteiger partial charge in [0.05, 0.1) is 0 Å². The second-order valence-electron chi connectivity index (χ2n) is 20.5. The predicted molar refractivity (Wildman–Crippen MR) is 335 cm³/mol. The first-order chi connectivity index (χ1) is 38.8. The van der Waals surface area contributed by atoms with E-state index in [1.807, 2.05) is 0 Å². The zero-order valence-electron chi connectivity index (χ0n) is 42.9. The van der Waals surface area contributed by atoms with Crippen molar-refractivity contribution >= 4 is 64.6 Å². The van der Waals surface area contributed by atoms with Gasteiger partial charge in [-0.2, -0.15) is 0 Å². The summed E-state index contributed by atoms with van der Waals surface area (Å²) in [6, 6.07) is 113. The molecule has 15 aromatic rings. The monoisotopic (exact) mass is 986 g/mol. The van der Waals surface area contributed by atoms with E-state index in [0.29, 0.717) is 0 Å². The van der Waals surface area contributed by atoms with Gasteiger partial charge in [-0.15, -0.1) is 0 Å². The predicted octanol–water partition coefficient (Wildman–Crippen LogP) is 21.9. The van der Waals surface area contributed by atoms with Crippen molar-refractivity contribution in [3.05, 3.63) is 303 Å². The lowest BCUT2D eigenvalue weighted by atomic mass is 9.77. The van der Waals surface area contributed by atoms with E-state index in [1.165, 1.54) is 154 Å². The van der Waals surface area contributed by atoms with Crippen molar-refractivity contribution in [3.63, 3.8) is 0 Å². The molecule has 0 atom stereocenters. The summed E-state index contributed by atoms with van der Waals surface area (Å²) in [4.78, 5) is 0. The van der Waals surface area contributed by atoms with Crippen LogP contribution in [0.15, 0.2) is 303 Å². The van der Waals surface area contributed by atoms with E-state index < -0.39 is 0 Å². The molecule has 0 heterocycles. The lowest BCUT2D eigenvalue weighted by Gasteiger charge is -2.26. The maximum Gasteiger partial charge on any atom is -0.000786 e. The van der Waals surface area contributed by atoms with Crippen molar-refractivity contribution in [2.75, 3.05) is 0 Å². The fourth-order valence-electron chi connectivity index (χ4n) is 13.0. The van der Waals surface area contributed by atoms with Crippen molar-refractivity contribution in [2.24, 2.45) is 0 Å². The van der Waals surface area contributed by atoms with Crippen LogP contribution in [0, 0.1) is 0 Å². The number of rotatable bonds is 8. The quantitative estimate of drug-likeness (QED) is 0.105. The third kappa shape index (κ3) is 7.30. The fraction of sp³-hybridized carbons (Fsp3) is 0. The van der Waals surface area contributed by atoms with E-state index in [4.69, 9.17) is 0 Å². The maximum absolute atomic E-state index is 2.55. The highest BCUT2D eigenvalue weighted by atomic mass is 14.3. The summed E-state index contributed by atoms with van der Waals surface area (Å²) in [5.41, 5.74) is 19.4. The molecule has 0 heteroatoms. The van der Waals surface area contributed by atoms with Crippen LogP contribution in [-0.4, -0.2) is 0 Å². The Bertz CT molecular complexity index is 4660. The van der Waals surface area contributed by atoms with Crippen LogP contribution in [-0.2, 0) is 0 Å². The molecule has 362 valence electrons. The van der Waals surface area contributed by atoms with E-state index in [0.717, 1.165) is 0 Å². The summed E-state index contributed by atoms with van der Waals surface area (Å²) in [5.74, 6) is 0. The van der Waals surface area contributed by atoms with Crippen LogP contribution in [0.25, 0.3) is 154 Å². The summed E-state index contributed by atoms with van der Waals surface area (Å²) >= 11 is 0. The summed E-state index contributed by atoms with van der Waals surface area (Å²) in [7, 11) is 0. The van der Waals surface area contributed by atoms with Crippen LogP contribution in [0.2, 0.25) is 0 Å². The minimum Gasteiger partial charge on any atom is -0.0622 e. The van der Waals surface area contributed by atoms with Crippen molar-refractivity contribution in [1.82, 2.24) is 0 Å². The first kappa shape index (κ1) is 45.3. The average molecular weight is 987 g/mol. The molecule has 0 aromatic heterocycles. The largest absolute Gasteiger partial charge is 0.0622 e. The lowest BCUT2D eigenvalue weighted by Crippen LogP contribution is -1.99. The van der Waals surface area contributed by atoms with Crippen LogP contribution in [0.5, 0.6) is 0 Å². The molecule has 0 bridgehead atoms. The molecular formula is C78H50. The summed E-state index contributed by atoms with van der Waals surface area (Å²) in [6.45, 7) is 0. The molecule has 78 heavy (non-hydrogen) atoms. The Hall–Kier alpha value is -10.1. The lowest BCUT2D eigenvalue weighted by molar-refractivity contribution is 1.60. The van der Waals surface area contributed by atoms with E-state index >= 15 is 0 Å². The van der Waals surface area contributed by atoms with Gasteiger partial charge in [-0.05, 0) is 166 Å². The maximum atomic E-state index is 2.55. The number of hydrogen-bond donors (Lipinski definition) is 0. The molecule has 0 aliphatic rings. The van der Waals surface area contributed by atoms with Gasteiger partial charge >= 0.3 is 0 Å². The Morgan fingerprint density at radius 1 is 0.128 bits per heavy atom. The van der Waals surface area contributed by atoms with Gasteiger partial charge in [-0.3, -0.25) is 0 Å². The zero-order valence-corrected chi connectivity index (χ0v) is 42.9. The molecule has 0 nitrogen and oxygen atoms in total. The molecule has 0 radical (unpaired) electrons. The number of hydrogen-bond acceptors (Lipinski definition) is 0. The van der Waals surface area contributed by atoms with Crippen molar-refractivity contribution in [2.45, 2.75) is 0 Å². The minimum atomic E-state index is 1.17. The molecule has 0 spiro atoms. The number of benzene rings is 15. The molecule has 0 N–H and O–H groups in total. The van der Waals surface area contributed by atoms with Crippen LogP contribution >= 0.6 is 0 Å². The van der Waals surface area contributed by atoms with Gasteiger partial charge in [0.1, 0.15) is 0 Å². The topological polar surface area (TPSA) is 0 Å². The standard InChI is InChI=1S/C78H50/c1-7-27-51(28-8-1)67-50-70(75-61-43-23-19-39-57(61)71(53-31-11-3-12-32-53)58-40-20-24-44-62(58)75)73(55-35-15-5-16-36-55)66-48-47-65-69(76(66)67)49-68(52-29-9-2-10-30-52)78(74(65)56-37-17-6-18-38-56)77-63-45-25-21-41-59(63)72(54-33-13-4-14-34-54)60-42-22-26-46-64(60)77/h1-50H. The summed E-state index contributed by atoms with van der Waals surface area (Å²) in [5, 5.41) is 14.7. The van der Waals surface area contributed by atoms with Crippen LogP contribution in [0.4, 0.5) is 0 Å². The molecule has 0 saturated heterocycles. The third-order valence-electron chi connectivity index (χ3n) is 16.2. The van der Waals surface area contributed by atoms with Crippen molar-refractivity contribution in [1.29, 1.82) is 0 Å². The second-order valence-corrected chi connectivity index (χ2v) is 20.5. The first-order valence-electron chi connectivity index (χ1n) is 27.1. The molecular weight excluding hydrogens is 937 g/mol. The smallest absolute Gasteiger partial charge is 0.000786 e. The summed E-state index contributed by atoms with van der Waals surface area (Å²) in [6.07, 6.45) is 0. The molecule has 0 aliphatic heterocycles. The Kier molecular flexibility index (Phi) is 11.0. The molecule has 0 saturated carbocycles. The van der Waals surface area contributed by atoms with Gasteiger partial charge in [-0.25, -0.2) is 0 Å². The second kappa shape index (κ2) is 18.9. The van der Waals surface area contributed by atoms with Gasteiger partial charge < -0.3 is 0 Å². The Morgan fingerprint density at radius 2 is 0.410 bits per heavy atom. The highest BCUT2D eigenvalue weighted by Gasteiger charge is 2.28. The van der Waals surface area contributed by atoms with E-state index in [1.54, 1.807) is 0 Å². The normalized spacial score (nSPS) is 11.6. The highest BCUT2D eigenvalue weighted by Crippen LogP contribution is 2.55. The molecule has 0 fully saturated rings. The van der Waals surface area contributed by atoms with Gasteiger partial charge in [0.15, 0.2) is 0 Å². The number of fused-ring (bicyclic) bond motifs is 7. The van der Waals surface area contributed by atoms with Crippen LogP contribution < -0.4 is 0 Å². The molecule has 0 amide bonds. The SMILES string of the molecule is c1ccc(-c2cc3c(ccc4c(-c5ccccc5)c(-c5c6ccccc6c(-c6ccccc6)c6ccccc56)cc(-c5ccccc5)c43)c(-c3ccccc3)c2-c2c3ccccc3c(-c3ccccc3)c3ccccc23)cc1. The Balaban J connectivity index is 1.15. The van der Waals surface area contributed by atoms with Gasteiger partial charge in [0.2, 0.25) is 0 Å². The van der Waals surface area contributed by atoms with E-state index in [-0.39, 0.29) is 0 Å². The van der Waals surface area contributed by atoms with Crippen LogP contribution in [0.3, 0.4) is 0 Å². The first-order valence-corrected chi connectivity index (χ1v) is 27.1. The van der Waals surface area contributed by atoms with Gasteiger partial charge in [-0.1, -0.05) is 291 Å². The Morgan fingerprint density at radius 3 is 0.808 bits per heavy atom. The third-order valence-corrected chi connectivity index (χ3v) is 16.2. The Labute approximate surface area is 454 Å². The van der Waals surface area contributed by atoms with E-state index in [2.05, 4.69) is 303 Å². The average Bonchev–Trinajstić information content (AvgIpc) is 3.68. The molecule has 0 unspecified atom stereocenters. The summed E-state index contributed by atoms with van der Waals surface area (Å²) < 4.78 is 0. The van der Waals surface area contributed by atoms with E-state index in [9.17, 15) is 0 Å². The fourth-order valence-corrected chi connectivity index (χ4v) is 13.0. The molecule has 15 rings (SSSR count). The highest BCUT2D eigenvalue weighted by molar-refractivity contribution is 6.31. The van der Waals surface area contributed by atoms with Gasteiger partial charge in [0, 0.05) is 0 Å². The molecule has 15 aromatic carbocycles. The van der Waals surface area contributed by atoms with Crippen molar-refractivity contribution in [3.8, 4) is 89.0 Å². The van der Waals surface area contributed by atoms with Crippen molar-refractivity contribution < 1.29 is 0 Å².